The van der Waals surface area contributed by atoms with Crippen LogP contribution < -0.4 is 0 Å². The third kappa shape index (κ3) is 4.48. The van der Waals surface area contributed by atoms with E-state index >= 15 is 0 Å². The molecule has 0 bridgehead atoms. The SMILES string of the molecule is CCCCCCO[Si]1(Cl)CCCC1. The molecule has 0 aromatic heterocycles. The zero-order valence-electron chi connectivity index (χ0n) is 8.65. The van der Waals surface area contributed by atoms with Crippen molar-refractivity contribution in [3.05, 3.63) is 0 Å². The molecule has 0 N–H and O–H groups in total. The number of hydrogen-bond donors (Lipinski definition) is 0. The van der Waals surface area contributed by atoms with Crippen LogP contribution >= 0.6 is 11.1 Å². The van der Waals surface area contributed by atoms with Gasteiger partial charge < -0.3 is 4.43 Å². The first-order valence-electron chi connectivity index (χ1n) is 5.60. The molecule has 0 aliphatic carbocycles. The highest BCUT2D eigenvalue weighted by Gasteiger charge is 2.36. The Hall–Kier alpha value is 0.467. The Morgan fingerprint density at radius 2 is 1.85 bits per heavy atom. The van der Waals surface area contributed by atoms with Crippen molar-refractivity contribution in [3.63, 3.8) is 0 Å². The molecule has 0 aromatic carbocycles. The predicted octanol–water partition coefficient (Wildman–Crippen LogP) is 4.06. The molecule has 3 heteroatoms. The van der Waals surface area contributed by atoms with Crippen LogP contribution in [-0.2, 0) is 4.43 Å². The van der Waals surface area contributed by atoms with E-state index in [9.17, 15) is 0 Å². The highest BCUT2D eigenvalue weighted by molar-refractivity contribution is 7.17. The zero-order chi connectivity index (χ0) is 9.57. The molecule has 0 saturated carbocycles. The number of unbranched alkanes of at least 4 members (excludes halogenated alkanes) is 3. The average Bonchev–Trinajstić information content (AvgIpc) is 2.53. The molecule has 1 saturated heterocycles. The average molecular weight is 221 g/mol. The summed E-state index contributed by atoms with van der Waals surface area (Å²) in [4.78, 5) is 0. The minimum atomic E-state index is -1.67. The summed E-state index contributed by atoms with van der Waals surface area (Å²) in [5.74, 6) is 0. The largest absolute Gasteiger partial charge is 0.403 e. The second kappa shape index (κ2) is 6.05. The van der Waals surface area contributed by atoms with E-state index in [1.165, 1.54) is 50.6 Å². The Morgan fingerprint density at radius 3 is 2.46 bits per heavy atom. The molecule has 0 aromatic rings. The van der Waals surface area contributed by atoms with Gasteiger partial charge in [0, 0.05) is 6.61 Å². The van der Waals surface area contributed by atoms with Gasteiger partial charge >= 0.3 is 0 Å². The highest BCUT2D eigenvalue weighted by Crippen LogP contribution is 2.34. The summed E-state index contributed by atoms with van der Waals surface area (Å²) in [5.41, 5.74) is 0. The van der Waals surface area contributed by atoms with Crippen molar-refractivity contribution in [1.29, 1.82) is 0 Å². The minimum absolute atomic E-state index is 0.912. The molecular weight excluding hydrogens is 200 g/mol. The van der Waals surface area contributed by atoms with E-state index in [0.29, 0.717) is 0 Å². The molecule has 13 heavy (non-hydrogen) atoms. The minimum Gasteiger partial charge on any atom is -0.403 e. The van der Waals surface area contributed by atoms with Gasteiger partial charge in [0.25, 0.3) is 7.63 Å². The van der Waals surface area contributed by atoms with E-state index in [4.69, 9.17) is 15.5 Å². The van der Waals surface area contributed by atoms with Gasteiger partial charge in [0.1, 0.15) is 0 Å². The lowest BCUT2D eigenvalue weighted by Crippen LogP contribution is -2.27. The Bertz CT molecular complexity index is 135. The Balaban J connectivity index is 1.98. The zero-order valence-corrected chi connectivity index (χ0v) is 10.4. The van der Waals surface area contributed by atoms with E-state index < -0.39 is 7.63 Å². The van der Waals surface area contributed by atoms with Crippen LogP contribution in [0.4, 0.5) is 0 Å². The fraction of sp³-hybridized carbons (Fsp3) is 1.00. The topological polar surface area (TPSA) is 9.23 Å². The summed E-state index contributed by atoms with van der Waals surface area (Å²) >= 11 is 6.40. The van der Waals surface area contributed by atoms with Gasteiger partial charge in [-0.05, 0) is 18.5 Å². The second-order valence-electron chi connectivity index (χ2n) is 4.00. The van der Waals surface area contributed by atoms with Crippen LogP contribution in [0.5, 0.6) is 0 Å². The van der Waals surface area contributed by atoms with E-state index in [1.54, 1.807) is 0 Å². The van der Waals surface area contributed by atoms with E-state index in [1.807, 2.05) is 0 Å². The van der Waals surface area contributed by atoms with Gasteiger partial charge in [-0.2, -0.15) is 0 Å². The maximum Gasteiger partial charge on any atom is 0.290 e. The van der Waals surface area contributed by atoms with Gasteiger partial charge in [-0.3, -0.25) is 0 Å². The molecule has 1 aliphatic rings. The van der Waals surface area contributed by atoms with Crippen molar-refractivity contribution in [3.8, 4) is 0 Å². The van der Waals surface area contributed by atoms with Gasteiger partial charge in [-0.15, -0.1) is 11.1 Å². The lowest BCUT2D eigenvalue weighted by Gasteiger charge is -2.18. The molecular formula is C10H21ClOSi. The summed E-state index contributed by atoms with van der Waals surface area (Å²) in [5, 5.41) is 0. The summed E-state index contributed by atoms with van der Waals surface area (Å²) < 4.78 is 5.84. The molecule has 1 aliphatic heterocycles. The summed E-state index contributed by atoms with van der Waals surface area (Å²) in [6.45, 7) is 3.14. The van der Waals surface area contributed by atoms with Crippen LogP contribution in [-0.4, -0.2) is 14.2 Å². The molecule has 78 valence electrons. The summed E-state index contributed by atoms with van der Waals surface area (Å²) in [6, 6.07) is 2.37. The molecule has 1 heterocycles. The van der Waals surface area contributed by atoms with E-state index in [2.05, 4.69) is 6.92 Å². The molecule has 0 radical (unpaired) electrons. The van der Waals surface area contributed by atoms with Crippen molar-refractivity contribution in [2.75, 3.05) is 6.61 Å². The summed E-state index contributed by atoms with van der Waals surface area (Å²) in [7, 11) is -1.67. The fourth-order valence-corrected chi connectivity index (χ4v) is 5.47. The van der Waals surface area contributed by atoms with Crippen LogP contribution in [0.1, 0.15) is 45.4 Å². The molecule has 1 rings (SSSR count). The number of halogens is 1. The highest BCUT2D eigenvalue weighted by atomic mass is 35.6. The molecule has 1 nitrogen and oxygen atoms in total. The van der Waals surface area contributed by atoms with Crippen molar-refractivity contribution >= 4 is 18.7 Å². The lowest BCUT2D eigenvalue weighted by molar-refractivity contribution is 0.303. The van der Waals surface area contributed by atoms with Crippen molar-refractivity contribution in [2.24, 2.45) is 0 Å². The number of rotatable bonds is 6. The Kier molecular flexibility index (Phi) is 5.37. The van der Waals surface area contributed by atoms with Gasteiger partial charge in [0.05, 0.1) is 0 Å². The van der Waals surface area contributed by atoms with Gasteiger partial charge in [0.2, 0.25) is 0 Å². The molecule has 0 spiro atoms. The van der Waals surface area contributed by atoms with Crippen molar-refractivity contribution < 1.29 is 4.43 Å². The normalized spacial score (nSPS) is 20.8. The lowest BCUT2D eigenvalue weighted by atomic mass is 10.2. The standard InChI is InChI=1S/C10H21ClOSi/c1-2-3-4-5-8-12-13(11)9-6-7-10-13/h2-10H2,1H3. The first kappa shape index (κ1) is 11.5. The summed E-state index contributed by atoms with van der Waals surface area (Å²) in [6.07, 6.45) is 7.73. The van der Waals surface area contributed by atoms with E-state index in [0.717, 1.165) is 6.61 Å². The maximum atomic E-state index is 6.40. The van der Waals surface area contributed by atoms with Gasteiger partial charge in [-0.1, -0.05) is 39.0 Å². The molecule has 0 atom stereocenters. The van der Waals surface area contributed by atoms with Crippen LogP contribution in [0.15, 0.2) is 0 Å². The van der Waals surface area contributed by atoms with Crippen LogP contribution in [0.3, 0.4) is 0 Å². The fourth-order valence-electron chi connectivity index (χ4n) is 1.83. The Morgan fingerprint density at radius 1 is 1.15 bits per heavy atom. The van der Waals surface area contributed by atoms with E-state index in [-0.39, 0.29) is 0 Å². The van der Waals surface area contributed by atoms with Gasteiger partial charge in [-0.25, -0.2) is 0 Å². The van der Waals surface area contributed by atoms with Crippen LogP contribution in [0.2, 0.25) is 12.1 Å². The molecule has 1 fully saturated rings. The second-order valence-corrected chi connectivity index (χ2v) is 9.12. The smallest absolute Gasteiger partial charge is 0.290 e. The van der Waals surface area contributed by atoms with Crippen molar-refractivity contribution in [1.82, 2.24) is 0 Å². The number of hydrogen-bond acceptors (Lipinski definition) is 1. The van der Waals surface area contributed by atoms with Gasteiger partial charge in [0.15, 0.2) is 0 Å². The van der Waals surface area contributed by atoms with Crippen molar-refractivity contribution in [2.45, 2.75) is 57.5 Å². The first-order chi connectivity index (χ1) is 6.27. The molecule has 0 amide bonds. The monoisotopic (exact) mass is 220 g/mol. The first-order valence-corrected chi connectivity index (χ1v) is 8.93. The Labute approximate surface area is 87.6 Å². The third-order valence-electron chi connectivity index (χ3n) is 2.71. The van der Waals surface area contributed by atoms with Crippen LogP contribution in [0.25, 0.3) is 0 Å². The predicted molar refractivity (Wildman–Crippen MR) is 60.5 cm³/mol. The quantitative estimate of drug-likeness (QED) is 0.373. The molecule has 0 unspecified atom stereocenters. The van der Waals surface area contributed by atoms with Crippen LogP contribution in [0, 0.1) is 0 Å². The maximum absolute atomic E-state index is 6.40. The third-order valence-corrected chi connectivity index (χ3v) is 7.09.